The zero-order chi connectivity index (χ0) is 20.8. The van der Waals surface area contributed by atoms with Crippen molar-refractivity contribution in [2.24, 2.45) is 0 Å². The summed E-state index contributed by atoms with van der Waals surface area (Å²) in [6.45, 7) is 1.97. The smallest absolute Gasteiger partial charge is 0.338 e. The van der Waals surface area contributed by atoms with Crippen LogP contribution in [0.1, 0.15) is 27.8 Å². The summed E-state index contributed by atoms with van der Waals surface area (Å²) in [6.07, 6.45) is 1.10. The van der Waals surface area contributed by atoms with Crippen LogP contribution in [-0.4, -0.2) is 28.5 Å². The van der Waals surface area contributed by atoms with E-state index in [4.69, 9.17) is 4.74 Å². The van der Waals surface area contributed by atoms with Gasteiger partial charge in [0.2, 0.25) is 0 Å². The van der Waals surface area contributed by atoms with Crippen molar-refractivity contribution in [1.29, 1.82) is 0 Å². The third-order valence-corrected chi connectivity index (χ3v) is 3.77. The van der Waals surface area contributed by atoms with Gasteiger partial charge in [0.25, 0.3) is 5.91 Å². The maximum Gasteiger partial charge on any atom is 0.338 e. The molecule has 148 valence electrons. The van der Waals surface area contributed by atoms with Crippen LogP contribution in [0.25, 0.3) is 0 Å². The summed E-state index contributed by atoms with van der Waals surface area (Å²) in [5.74, 6) is -2.56. The second-order valence-electron chi connectivity index (χ2n) is 5.76. The van der Waals surface area contributed by atoms with Gasteiger partial charge in [-0.1, -0.05) is 6.07 Å². The predicted octanol–water partition coefficient (Wildman–Crippen LogP) is 3.93. The average Bonchev–Trinajstić information content (AvgIpc) is 2.72. The number of nitrogens with one attached hydrogen (secondary N) is 2. The van der Waals surface area contributed by atoms with Crippen molar-refractivity contribution in [1.82, 2.24) is 9.97 Å². The second-order valence-corrected chi connectivity index (χ2v) is 5.76. The summed E-state index contributed by atoms with van der Waals surface area (Å²) < 4.78 is 32.4. The predicted molar refractivity (Wildman–Crippen MR) is 102 cm³/mol. The topological polar surface area (TPSA) is 93.2 Å². The summed E-state index contributed by atoms with van der Waals surface area (Å²) >= 11 is 0. The highest BCUT2D eigenvalue weighted by molar-refractivity contribution is 6.03. The fourth-order valence-corrected chi connectivity index (χ4v) is 2.39. The summed E-state index contributed by atoms with van der Waals surface area (Å²) in [5.41, 5.74) is 0.377. The molecule has 0 bridgehead atoms. The molecule has 0 radical (unpaired) electrons. The van der Waals surface area contributed by atoms with Gasteiger partial charge in [-0.2, -0.15) is 0 Å². The van der Waals surface area contributed by atoms with E-state index in [9.17, 15) is 18.4 Å². The van der Waals surface area contributed by atoms with Crippen molar-refractivity contribution in [3.8, 4) is 0 Å². The lowest BCUT2D eigenvalue weighted by Crippen LogP contribution is -2.14. The Kier molecular flexibility index (Phi) is 6.08. The van der Waals surface area contributed by atoms with Gasteiger partial charge < -0.3 is 15.4 Å². The van der Waals surface area contributed by atoms with Gasteiger partial charge in [0.1, 0.15) is 35.2 Å². The van der Waals surface area contributed by atoms with E-state index in [0.717, 1.165) is 18.5 Å². The number of rotatable bonds is 6. The molecule has 1 aromatic heterocycles. The number of halogens is 2. The number of hydrogen-bond acceptors (Lipinski definition) is 6. The van der Waals surface area contributed by atoms with Gasteiger partial charge in [-0.05, 0) is 43.3 Å². The molecule has 0 fully saturated rings. The first-order chi connectivity index (χ1) is 14.0. The van der Waals surface area contributed by atoms with Crippen molar-refractivity contribution in [2.75, 3.05) is 17.2 Å². The van der Waals surface area contributed by atoms with Crippen LogP contribution in [-0.2, 0) is 4.74 Å². The van der Waals surface area contributed by atoms with E-state index in [2.05, 4.69) is 20.6 Å². The normalized spacial score (nSPS) is 10.3. The lowest BCUT2D eigenvalue weighted by molar-refractivity contribution is 0.0526. The molecule has 2 aromatic carbocycles. The van der Waals surface area contributed by atoms with Gasteiger partial charge in [-0.15, -0.1) is 0 Å². The first-order valence-electron chi connectivity index (χ1n) is 8.59. The van der Waals surface area contributed by atoms with Crippen LogP contribution in [0.5, 0.6) is 0 Å². The summed E-state index contributed by atoms with van der Waals surface area (Å²) in [4.78, 5) is 31.8. The largest absolute Gasteiger partial charge is 0.462 e. The Labute approximate surface area is 164 Å². The molecule has 0 aliphatic heterocycles. The SMILES string of the molecule is CCOC(=O)c1ccc(NC(=O)c2cc(Nc3c(F)cccc3F)ncn2)cc1. The molecule has 0 saturated heterocycles. The molecule has 0 aliphatic rings. The molecular weight excluding hydrogens is 382 g/mol. The number of hydrogen-bond donors (Lipinski definition) is 2. The molecule has 0 atom stereocenters. The molecule has 0 spiro atoms. The molecule has 29 heavy (non-hydrogen) atoms. The van der Waals surface area contributed by atoms with E-state index < -0.39 is 23.5 Å². The Morgan fingerprint density at radius 3 is 2.38 bits per heavy atom. The minimum absolute atomic E-state index is 0.0197. The average molecular weight is 398 g/mol. The van der Waals surface area contributed by atoms with E-state index in [0.29, 0.717) is 11.3 Å². The minimum atomic E-state index is -0.795. The summed E-state index contributed by atoms with van der Waals surface area (Å²) in [6, 6.07) is 10.8. The Morgan fingerprint density at radius 1 is 1.03 bits per heavy atom. The van der Waals surface area contributed by atoms with Crippen molar-refractivity contribution in [2.45, 2.75) is 6.92 Å². The molecule has 1 heterocycles. The molecular formula is C20H16F2N4O3. The van der Waals surface area contributed by atoms with Crippen LogP contribution in [0.15, 0.2) is 54.9 Å². The van der Waals surface area contributed by atoms with Crippen LogP contribution >= 0.6 is 0 Å². The number of para-hydroxylation sites is 1. The van der Waals surface area contributed by atoms with Crippen molar-refractivity contribution < 1.29 is 23.1 Å². The van der Waals surface area contributed by atoms with Crippen LogP contribution < -0.4 is 10.6 Å². The van der Waals surface area contributed by atoms with Crippen LogP contribution in [0, 0.1) is 11.6 Å². The highest BCUT2D eigenvalue weighted by Crippen LogP contribution is 2.22. The minimum Gasteiger partial charge on any atom is -0.462 e. The van der Waals surface area contributed by atoms with Gasteiger partial charge in [0.15, 0.2) is 0 Å². The number of nitrogens with zero attached hydrogens (tertiary/aromatic N) is 2. The number of carbonyl (C=O) groups is 2. The monoisotopic (exact) mass is 398 g/mol. The number of aromatic nitrogens is 2. The number of amides is 1. The molecule has 9 heteroatoms. The maximum absolute atomic E-state index is 13.8. The zero-order valence-electron chi connectivity index (χ0n) is 15.3. The van der Waals surface area contributed by atoms with E-state index in [1.54, 1.807) is 19.1 Å². The molecule has 3 rings (SSSR count). The van der Waals surface area contributed by atoms with E-state index >= 15 is 0 Å². The van der Waals surface area contributed by atoms with E-state index in [1.165, 1.54) is 24.3 Å². The Bertz CT molecular complexity index is 1020. The molecule has 0 unspecified atom stereocenters. The highest BCUT2D eigenvalue weighted by atomic mass is 19.1. The fraction of sp³-hybridized carbons (Fsp3) is 0.100. The number of esters is 1. The second kappa shape index (κ2) is 8.87. The number of benzene rings is 2. The number of carbonyl (C=O) groups excluding carboxylic acids is 2. The Morgan fingerprint density at radius 2 is 1.72 bits per heavy atom. The van der Waals surface area contributed by atoms with Crippen LogP contribution in [0.2, 0.25) is 0 Å². The lowest BCUT2D eigenvalue weighted by atomic mass is 10.2. The van der Waals surface area contributed by atoms with Crippen molar-refractivity contribution in [3.63, 3.8) is 0 Å². The number of anilines is 3. The summed E-state index contributed by atoms with van der Waals surface area (Å²) in [5, 5.41) is 5.11. The van der Waals surface area contributed by atoms with Crippen molar-refractivity contribution >= 4 is 29.1 Å². The standard InChI is InChI=1S/C20H16F2N4O3/c1-2-29-20(28)12-6-8-13(9-7-12)25-19(27)16-10-17(24-11-23-16)26-18-14(21)4-3-5-15(18)22/h3-11H,2H2,1H3,(H,25,27)(H,23,24,26). The lowest BCUT2D eigenvalue weighted by Gasteiger charge is -2.09. The van der Waals surface area contributed by atoms with Crippen LogP contribution in [0.3, 0.4) is 0 Å². The summed E-state index contributed by atoms with van der Waals surface area (Å²) in [7, 11) is 0. The maximum atomic E-state index is 13.8. The Hall–Kier alpha value is -3.88. The quantitative estimate of drug-likeness (QED) is 0.611. The molecule has 2 N–H and O–H groups in total. The number of ether oxygens (including phenoxy) is 1. The van der Waals surface area contributed by atoms with Gasteiger partial charge >= 0.3 is 5.97 Å². The zero-order valence-corrected chi connectivity index (χ0v) is 15.3. The van der Waals surface area contributed by atoms with Gasteiger partial charge in [-0.25, -0.2) is 23.5 Å². The Balaban J connectivity index is 1.72. The van der Waals surface area contributed by atoms with Gasteiger partial charge in [0, 0.05) is 11.8 Å². The molecule has 0 aliphatic carbocycles. The van der Waals surface area contributed by atoms with Crippen molar-refractivity contribution in [3.05, 3.63) is 77.8 Å². The fourth-order valence-electron chi connectivity index (χ4n) is 2.39. The first-order valence-corrected chi connectivity index (χ1v) is 8.59. The molecule has 0 saturated carbocycles. The van der Waals surface area contributed by atoms with Gasteiger partial charge in [-0.3, -0.25) is 4.79 Å². The third-order valence-electron chi connectivity index (χ3n) is 3.77. The van der Waals surface area contributed by atoms with Crippen LogP contribution in [0.4, 0.5) is 26.0 Å². The molecule has 7 nitrogen and oxygen atoms in total. The van der Waals surface area contributed by atoms with E-state index in [-0.39, 0.29) is 23.8 Å². The van der Waals surface area contributed by atoms with Gasteiger partial charge in [0.05, 0.1) is 12.2 Å². The third kappa shape index (κ3) is 4.89. The highest BCUT2D eigenvalue weighted by Gasteiger charge is 2.13. The molecule has 3 aromatic rings. The first kappa shape index (κ1) is 19.9. The molecule has 1 amide bonds. The van der Waals surface area contributed by atoms with E-state index in [1.807, 2.05) is 0 Å².